The normalized spacial score (nSPS) is 9.95. The number of hydrazine groups is 1. The zero-order valence-electron chi connectivity index (χ0n) is 10.3. The summed E-state index contributed by atoms with van der Waals surface area (Å²) in [6.07, 6.45) is 3.72. The first-order valence-electron chi connectivity index (χ1n) is 5.75. The summed E-state index contributed by atoms with van der Waals surface area (Å²) >= 11 is 0. The van der Waals surface area contributed by atoms with Gasteiger partial charge in [0.2, 0.25) is 0 Å². The fourth-order valence-corrected chi connectivity index (χ4v) is 1.41. The Balaban J connectivity index is 1.92. The van der Waals surface area contributed by atoms with Crippen molar-refractivity contribution in [3.05, 3.63) is 47.5 Å². The molecule has 98 valence electrons. The van der Waals surface area contributed by atoms with Crippen LogP contribution >= 0.6 is 0 Å². The minimum atomic E-state index is -0.479. The fourth-order valence-electron chi connectivity index (χ4n) is 1.41. The maximum Gasteiger partial charge on any atom is 0.290 e. The van der Waals surface area contributed by atoms with Gasteiger partial charge in [0.15, 0.2) is 5.69 Å². The Morgan fingerprint density at radius 3 is 2.74 bits per heavy atom. The number of aromatic nitrogens is 3. The first-order chi connectivity index (χ1) is 9.20. The van der Waals surface area contributed by atoms with Crippen LogP contribution in [-0.2, 0) is 6.42 Å². The molecule has 0 aliphatic rings. The largest absolute Gasteiger partial charge is 0.290 e. The third-order valence-electron chi connectivity index (χ3n) is 2.46. The van der Waals surface area contributed by atoms with E-state index in [1.54, 1.807) is 24.4 Å². The molecule has 2 aromatic rings. The third-order valence-corrected chi connectivity index (χ3v) is 2.46. The molecule has 0 unspecified atom stereocenters. The van der Waals surface area contributed by atoms with Gasteiger partial charge in [0.1, 0.15) is 0 Å². The van der Waals surface area contributed by atoms with E-state index in [9.17, 15) is 9.59 Å². The molecule has 2 aromatic heterocycles. The molecule has 2 rings (SSSR count). The van der Waals surface area contributed by atoms with Gasteiger partial charge in [-0.25, -0.2) is 0 Å². The van der Waals surface area contributed by atoms with Crippen LogP contribution in [0.25, 0.3) is 0 Å². The summed E-state index contributed by atoms with van der Waals surface area (Å²) in [7, 11) is 0. The highest BCUT2D eigenvalue weighted by Crippen LogP contribution is 1.99. The first-order valence-corrected chi connectivity index (χ1v) is 5.75. The minimum absolute atomic E-state index is 0.225. The van der Waals surface area contributed by atoms with Crippen LogP contribution in [0.5, 0.6) is 0 Å². The van der Waals surface area contributed by atoms with Crippen molar-refractivity contribution < 1.29 is 9.59 Å². The van der Waals surface area contributed by atoms with E-state index in [1.165, 1.54) is 6.20 Å². The standard InChI is InChI=1S/C12H13N5O2/c1-2-9-6-10(15-14-9)12(19)17-16-11(18)8-4-3-5-13-7-8/h3-7H,2H2,1H3,(H,14,15)(H,16,18)(H,17,19). The lowest BCUT2D eigenvalue weighted by atomic mass is 10.3. The molecule has 2 amide bonds. The molecule has 0 radical (unpaired) electrons. The molecule has 7 heteroatoms. The second-order valence-electron chi connectivity index (χ2n) is 3.78. The van der Waals surface area contributed by atoms with Crippen LogP contribution in [-0.4, -0.2) is 27.0 Å². The van der Waals surface area contributed by atoms with E-state index >= 15 is 0 Å². The Morgan fingerprint density at radius 1 is 1.32 bits per heavy atom. The van der Waals surface area contributed by atoms with E-state index in [0.717, 1.165) is 12.1 Å². The highest BCUT2D eigenvalue weighted by Gasteiger charge is 2.11. The molecule has 0 aromatic carbocycles. The minimum Gasteiger partial charge on any atom is -0.282 e. The van der Waals surface area contributed by atoms with E-state index in [2.05, 4.69) is 26.0 Å². The van der Waals surface area contributed by atoms with Gasteiger partial charge in [0, 0.05) is 18.1 Å². The quantitative estimate of drug-likeness (QED) is 0.696. The maximum absolute atomic E-state index is 11.7. The van der Waals surface area contributed by atoms with Gasteiger partial charge in [-0.15, -0.1) is 0 Å². The molecule has 0 aliphatic carbocycles. The Labute approximate surface area is 109 Å². The lowest BCUT2D eigenvalue weighted by molar-refractivity contribution is 0.0843. The average molecular weight is 259 g/mol. The van der Waals surface area contributed by atoms with Crippen LogP contribution in [0.2, 0.25) is 0 Å². The summed E-state index contributed by atoms with van der Waals surface area (Å²) < 4.78 is 0. The SMILES string of the molecule is CCc1cc(C(=O)NNC(=O)c2cccnc2)n[nH]1. The van der Waals surface area contributed by atoms with Crippen molar-refractivity contribution in [1.82, 2.24) is 26.0 Å². The third kappa shape index (κ3) is 3.15. The lowest BCUT2D eigenvalue weighted by Crippen LogP contribution is -2.41. The predicted molar refractivity (Wildman–Crippen MR) is 67.1 cm³/mol. The van der Waals surface area contributed by atoms with E-state index < -0.39 is 11.8 Å². The van der Waals surface area contributed by atoms with Crippen molar-refractivity contribution in [2.24, 2.45) is 0 Å². The van der Waals surface area contributed by atoms with Crippen LogP contribution in [0, 0.1) is 0 Å². The molecule has 0 aliphatic heterocycles. The van der Waals surface area contributed by atoms with Crippen molar-refractivity contribution in [2.75, 3.05) is 0 Å². The van der Waals surface area contributed by atoms with Crippen LogP contribution in [0.3, 0.4) is 0 Å². The molecule has 0 spiro atoms. The van der Waals surface area contributed by atoms with Crippen LogP contribution in [0.4, 0.5) is 0 Å². The molecule has 0 saturated heterocycles. The molecule has 7 nitrogen and oxygen atoms in total. The van der Waals surface area contributed by atoms with Crippen molar-refractivity contribution in [3.8, 4) is 0 Å². The molecule has 3 N–H and O–H groups in total. The number of aryl methyl sites for hydroxylation is 1. The first kappa shape index (κ1) is 12.7. The van der Waals surface area contributed by atoms with E-state index in [1.807, 2.05) is 6.92 Å². The zero-order chi connectivity index (χ0) is 13.7. The number of rotatable bonds is 3. The fraction of sp³-hybridized carbons (Fsp3) is 0.167. The monoisotopic (exact) mass is 259 g/mol. The molecular weight excluding hydrogens is 246 g/mol. The van der Waals surface area contributed by atoms with Gasteiger partial charge in [0.05, 0.1) is 5.56 Å². The van der Waals surface area contributed by atoms with Gasteiger partial charge in [-0.1, -0.05) is 6.92 Å². The molecule has 2 heterocycles. The zero-order valence-corrected chi connectivity index (χ0v) is 10.3. The highest BCUT2D eigenvalue weighted by atomic mass is 16.2. The smallest absolute Gasteiger partial charge is 0.282 e. The Kier molecular flexibility index (Phi) is 3.87. The second-order valence-corrected chi connectivity index (χ2v) is 3.78. The van der Waals surface area contributed by atoms with Crippen molar-refractivity contribution in [1.29, 1.82) is 0 Å². The summed E-state index contributed by atoms with van der Waals surface area (Å²) in [4.78, 5) is 27.1. The van der Waals surface area contributed by atoms with Gasteiger partial charge in [-0.3, -0.25) is 30.5 Å². The topological polar surface area (TPSA) is 99.8 Å². The number of hydrogen-bond donors (Lipinski definition) is 3. The molecule has 19 heavy (non-hydrogen) atoms. The Bertz CT molecular complexity index is 579. The molecule has 0 atom stereocenters. The summed E-state index contributed by atoms with van der Waals surface area (Å²) in [5.74, 6) is -0.916. The average Bonchev–Trinajstić information content (AvgIpc) is 2.94. The number of nitrogens with one attached hydrogen (secondary N) is 3. The van der Waals surface area contributed by atoms with Crippen molar-refractivity contribution >= 4 is 11.8 Å². The van der Waals surface area contributed by atoms with Gasteiger partial charge in [-0.2, -0.15) is 5.10 Å². The summed E-state index contributed by atoms with van der Waals surface area (Å²) in [5.41, 5.74) is 6.01. The van der Waals surface area contributed by atoms with E-state index in [-0.39, 0.29) is 5.69 Å². The van der Waals surface area contributed by atoms with Gasteiger partial charge >= 0.3 is 0 Å². The van der Waals surface area contributed by atoms with Crippen LogP contribution in [0.1, 0.15) is 33.5 Å². The molecule has 0 bridgehead atoms. The van der Waals surface area contributed by atoms with E-state index in [4.69, 9.17) is 0 Å². The number of carbonyl (C=O) groups excluding carboxylic acids is 2. The Morgan fingerprint density at radius 2 is 2.11 bits per heavy atom. The highest BCUT2D eigenvalue weighted by molar-refractivity contribution is 5.98. The van der Waals surface area contributed by atoms with Gasteiger partial charge < -0.3 is 0 Å². The van der Waals surface area contributed by atoms with Crippen LogP contribution < -0.4 is 10.9 Å². The van der Waals surface area contributed by atoms with Crippen molar-refractivity contribution in [3.63, 3.8) is 0 Å². The number of nitrogens with zero attached hydrogens (tertiary/aromatic N) is 2. The van der Waals surface area contributed by atoms with Gasteiger partial charge in [0.25, 0.3) is 11.8 Å². The maximum atomic E-state index is 11.7. The summed E-state index contributed by atoms with van der Waals surface area (Å²) in [6.45, 7) is 1.94. The number of aromatic amines is 1. The lowest BCUT2D eigenvalue weighted by Gasteiger charge is -2.05. The number of amides is 2. The molecule has 0 saturated carbocycles. The number of pyridine rings is 1. The number of H-pyrrole nitrogens is 1. The molecule has 0 fully saturated rings. The van der Waals surface area contributed by atoms with E-state index in [0.29, 0.717) is 5.56 Å². The van der Waals surface area contributed by atoms with Crippen LogP contribution in [0.15, 0.2) is 30.6 Å². The second kappa shape index (κ2) is 5.76. The van der Waals surface area contributed by atoms with Gasteiger partial charge in [-0.05, 0) is 24.6 Å². The molecular formula is C12H13N5O2. The Hall–Kier alpha value is -2.70. The summed E-state index contributed by atoms with van der Waals surface area (Å²) in [5, 5.41) is 6.56. The predicted octanol–water partition coefficient (Wildman–Crippen LogP) is 0.442. The number of carbonyl (C=O) groups is 2. The summed E-state index contributed by atoms with van der Waals surface area (Å²) in [6, 6.07) is 4.86. The number of hydrogen-bond acceptors (Lipinski definition) is 4. The van der Waals surface area contributed by atoms with Crippen molar-refractivity contribution in [2.45, 2.75) is 13.3 Å².